The fraction of sp³-hybridized carbons (Fsp3) is 0.462. The summed E-state index contributed by atoms with van der Waals surface area (Å²) in [5, 5.41) is 8.85. The summed E-state index contributed by atoms with van der Waals surface area (Å²) in [5.74, 6) is 0.0485. The number of hydrogen-bond acceptors (Lipinski definition) is 3. The van der Waals surface area contributed by atoms with E-state index in [4.69, 9.17) is 11.0 Å². The zero-order valence-electron chi connectivity index (χ0n) is 10.2. The molecule has 3 nitrogen and oxygen atoms in total. The highest BCUT2D eigenvalue weighted by atomic mass is 79.9. The Hall–Kier alpha value is -1.12. The van der Waals surface area contributed by atoms with Crippen LogP contribution in [0.4, 0.5) is 10.1 Å². The topological polar surface area (TPSA) is 53.0 Å². The molecule has 0 radical (unpaired) electrons. The van der Waals surface area contributed by atoms with E-state index in [1.165, 1.54) is 0 Å². The maximum Gasteiger partial charge on any atom is 0.161 e. The number of rotatable bonds is 2. The predicted octanol–water partition coefficient (Wildman–Crippen LogP) is 2.63. The molecule has 1 aliphatic heterocycles. The monoisotopic (exact) mass is 311 g/mol. The molecule has 2 rings (SSSR count). The van der Waals surface area contributed by atoms with Gasteiger partial charge in [0.05, 0.1) is 15.7 Å². The van der Waals surface area contributed by atoms with Gasteiger partial charge < -0.3 is 10.6 Å². The van der Waals surface area contributed by atoms with Crippen LogP contribution in [-0.2, 0) is 0 Å². The molecule has 0 bridgehead atoms. The third-order valence-electron chi connectivity index (χ3n) is 3.49. The molecule has 18 heavy (non-hydrogen) atoms. The van der Waals surface area contributed by atoms with Gasteiger partial charge in [-0.25, -0.2) is 4.39 Å². The highest BCUT2D eigenvalue weighted by Crippen LogP contribution is 2.34. The quantitative estimate of drug-likeness (QED) is 0.913. The molecular formula is C13H15BrFN3. The van der Waals surface area contributed by atoms with Gasteiger partial charge in [0, 0.05) is 12.6 Å². The van der Waals surface area contributed by atoms with E-state index in [9.17, 15) is 4.39 Å². The maximum atomic E-state index is 14.2. The molecule has 0 aliphatic carbocycles. The van der Waals surface area contributed by atoms with E-state index in [0.717, 1.165) is 13.0 Å². The Bertz CT molecular complexity index is 498. The van der Waals surface area contributed by atoms with Crippen LogP contribution in [0.2, 0.25) is 0 Å². The van der Waals surface area contributed by atoms with Gasteiger partial charge in [0.25, 0.3) is 0 Å². The van der Waals surface area contributed by atoms with Crippen molar-refractivity contribution < 1.29 is 4.39 Å². The lowest BCUT2D eigenvalue weighted by atomic mass is 10.1. The minimum absolute atomic E-state index is 0.242. The molecule has 1 aliphatic rings. The van der Waals surface area contributed by atoms with E-state index >= 15 is 0 Å². The average Bonchev–Trinajstić information content (AvgIpc) is 2.74. The molecule has 0 amide bonds. The fourth-order valence-electron chi connectivity index (χ4n) is 2.50. The summed E-state index contributed by atoms with van der Waals surface area (Å²) in [6, 6.07) is 5.55. The first-order valence-corrected chi connectivity index (χ1v) is 6.72. The fourth-order valence-corrected chi connectivity index (χ4v) is 2.92. The maximum absolute atomic E-state index is 14.2. The van der Waals surface area contributed by atoms with Gasteiger partial charge >= 0.3 is 0 Å². The third-order valence-corrected chi connectivity index (χ3v) is 4.26. The van der Waals surface area contributed by atoms with Crippen LogP contribution in [0.1, 0.15) is 18.9 Å². The van der Waals surface area contributed by atoms with E-state index in [2.05, 4.69) is 22.9 Å². The van der Waals surface area contributed by atoms with Crippen molar-refractivity contribution in [3.63, 3.8) is 0 Å². The van der Waals surface area contributed by atoms with Crippen molar-refractivity contribution in [2.75, 3.05) is 18.0 Å². The molecule has 1 aromatic carbocycles. The van der Waals surface area contributed by atoms with Crippen molar-refractivity contribution in [2.45, 2.75) is 19.4 Å². The molecule has 5 heteroatoms. The summed E-state index contributed by atoms with van der Waals surface area (Å²) in [6.45, 7) is 3.47. The minimum Gasteiger partial charge on any atom is -0.366 e. The zero-order valence-corrected chi connectivity index (χ0v) is 11.7. The molecule has 96 valence electrons. The Labute approximate surface area is 115 Å². The summed E-state index contributed by atoms with van der Waals surface area (Å²) >= 11 is 3.14. The molecule has 1 heterocycles. The normalized spacial score (nSPS) is 23.2. The van der Waals surface area contributed by atoms with Crippen LogP contribution in [0.15, 0.2) is 16.6 Å². The number of nitriles is 1. The van der Waals surface area contributed by atoms with Crippen LogP contribution in [0.3, 0.4) is 0 Å². The third kappa shape index (κ3) is 2.23. The highest BCUT2D eigenvalue weighted by Gasteiger charge is 2.30. The average molecular weight is 312 g/mol. The van der Waals surface area contributed by atoms with Gasteiger partial charge in [-0.1, -0.05) is 0 Å². The van der Waals surface area contributed by atoms with Gasteiger partial charge in [-0.2, -0.15) is 5.26 Å². The number of halogens is 2. The minimum atomic E-state index is -0.362. The summed E-state index contributed by atoms with van der Waals surface area (Å²) in [5.41, 5.74) is 6.54. The molecule has 0 aromatic heterocycles. The Morgan fingerprint density at radius 3 is 2.89 bits per heavy atom. The highest BCUT2D eigenvalue weighted by molar-refractivity contribution is 9.10. The molecule has 2 N–H and O–H groups in total. The smallest absolute Gasteiger partial charge is 0.161 e. The van der Waals surface area contributed by atoms with Crippen molar-refractivity contribution in [2.24, 2.45) is 11.7 Å². The predicted molar refractivity (Wildman–Crippen MR) is 72.8 cm³/mol. The molecule has 2 atom stereocenters. The lowest BCUT2D eigenvalue weighted by Gasteiger charge is -2.25. The lowest BCUT2D eigenvalue weighted by molar-refractivity contribution is 0.579. The van der Waals surface area contributed by atoms with Crippen molar-refractivity contribution in [1.29, 1.82) is 5.26 Å². The second-order valence-corrected chi connectivity index (χ2v) is 5.50. The van der Waals surface area contributed by atoms with Crippen LogP contribution in [0.5, 0.6) is 0 Å². The van der Waals surface area contributed by atoms with E-state index in [-0.39, 0.29) is 16.3 Å². The van der Waals surface area contributed by atoms with Gasteiger partial charge in [0.15, 0.2) is 5.82 Å². The first-order chi connectivity index (χ1) is 8.58. The Morgan fingerprint density at radius 2 is 2.33 bits per heavy atom. The van der Waals surface area contributed by atoms with Crippen LogP contribution < -0.4 is 10.6 Å². The van der Waals surface area contributed by atoms with E-state index in [1.807, 2.05) is 11.0 Å². The first-order valence-electron chi connectivity index (χ1n) is 5.93. The molecule has 0 saturated carbocycles. The van der Waals surface area contributed by atoms with Crippen LogP contribution >= 0.6 is 15.9 Å². The van der Waals surface area contributed by atoms with E-state index in [0.29, 0.717) is 23.7 Å². The van der Waals surface area contributed by atoms with Crippen molar-refractivity contribution >= 4 is 21.6 Å². The van der Waals surface area contributed by atoms with Crippen molar-refractivity contribution in [1.82, 2.24) is 0 Å². The molecular weight excluding hydrogens is 297 g/mol. The van der Waals surface area contributed by atoms with E-state index < -0.39 is 0 Å². The standard InChI is InChI=1S/C13H15BrFN3/c1-8-4-9(5-16)7-18(8)11-3-2-10(6-17)12(14)13(11)15/h2-3,8-9H,4-5,7,16H2,1H3. The molecule has 1 saturated heterocycles. The van der Waals surface area contributed by atoms with Crippen LogP contribution in [0.25, 0.3) is 0 Å². The number of nitrogens with zero attached hydrogens (tertiary/aromatic N) is 2. The van der Waals surface area contributed by atoms with Gasteiger partial charge in [-0.05, 0) is 53.9 Å². The second-order valence-electron chi connectivity index (χ2n) is 4.71. The Balaban J connectivity index is 2.35. The SMILES string of the molecule is CC1CC(CN)CN1c1ccc(C#N)c(Br)c1F. The first kappa shape index (κ1) is 13.3. The summed E-state index contributed by atoms with van der Waals surface area (Å²) in [6.07, 6.45) is 0.980. The van der Waals surface area contributed by atoms with Gasteiger partial charge in [0.1, 0.15) is 6.07 Å². The summed E-state index contributed by atoms with van der Waals surface area (Å²) in [4.78, 5) is 2.03. The Kier molecular flexibility index (Phi) is 3.88. The summed E-state index contributed by atoms with van der Waals surface area (Å²) in [7, 11) is 0. The summed E-state index contributed by atoms with van der Waals surface area (Å²) < 4.78 is 14.5. The second kappa shape index (κ2) is 5.25. The van der Waals surface area contributed by atoms with Gasteiger partial charge in [-0.3, -0.25) is 0 Å². The number of anilines is 1. The van der Waals surface area contributed by atoms with Crippen molar-refractivity contribution in [3.8, 4) is 6.07 Å². The molecule has 1 fully saturated rings. The van der Waals surface area contributed by atoms with Crippen LogP contribution in [0, 0.1) is 23.1 Å². The van der Waals surface area contributed by atoms with Gasteiger partial charge in [0.2, 0.25) is 0 Å². The largest absolute Gasteiger partial charge is 0.366 e. The van der Waals surface area contributed by atoms with Crippen LogP contribution in [-0.4, -0.2) is 19.1 Å². The number of benzene rings is 1. The van der Waals surface area contributed by atoms with Crippen molar-refractivity contribution in [3.05, 3.63) is 28.0 Å². The molecule has 1 aromatic rings. The molecule has 2 unspecified atom stereocenters. The number of nitrogens with two attached hydrogens (primary N) is 1. The number of hydrogen-bond donors (Lipinski definition) is 1. The lowest BCUT2D eigenvalue weighted by Crippen LogP contribution is -2.28. The van der Waals surface area contributed by atoms with Gasteiger partial charge in [-0.15, -0.1) is 0 Å². The van der Waals surface area contributed by atoms with E-state index in [1.54, 1.807) is 12.1 Å². The zero-order chi connectivity index (χ0) is 13.3. The molecule has 0 spiro atoms. The Morgan fingerprint density at radius 1 is 1.61 bits per heavy atom.